The van der Waals surface area contributed by atoms with Gasteiger partial charge in [-0.25, -0.2) is 22.9 Å². The lowest BCUT2D eigenvalue weighted by Crippen LogP contribution is -2.13. The van der Waals surface area contributed by atoms with Crippen molar-refractivity contribution in [3.8, 4) is 0 Å². The molecule has 24 heavy (non-hydrogen) atoms. The van der Waals surface area contributed by atoms with Crippen LogP contribution >= 0.6 is 0 Å². The van der Waals surface area contributed by atoms with E-state index in [1.165, 1.54) is 7.11 Å². The first kappa shape index (κ1) is 15.6. The van der Waals surface area contributed by atoms with Crippen LogP contribution in [0.5, 0.6) is 0 Å². The van der Waals surface area contributed by atoms with Crippen LogP contribution in [0.1, 0.15) is 53.0 Å². The van der Waals surface area contributed by atoms with Gasteiger partial charge in [0.05, 0.1) is 41.3 Å². The third kappa shape index (κ3) is 2.49. The highest BCUT2D eigenvalue weighted by atomic mass is 32.2. The van der Waals surface area contributed by atoms with Crippen molar-refractivity contribution >= 4 is 26.8 Å². The minimum atomic E-state index is -3.03. The van der Waals surface area contributed by atoms with Crippen molar-refractivity contribution in [1.29, 1.82) is 0 Å². The van der Waals surface area contributed by atoms with E-state index in [1.54, 1.807) is 10.7 Å². The van der Waals surface area contributed by atoms with Gasteiger partial charge in [-0.1, -0.05) is 0 Å². The number of ether oxygens (including phenoxy) is 1. The molecule has 128 valence electrons. The van der Waals surface area contributed by atoms with E-state index in [4.69, 9.17) is 9.72 Å². The normalized spacial score (nSPS) is 22.8. The highest BCUT2D eigenvalue weighted by Crippen LogP contribution is 2.41. The summed E-state index contributed by atoms with van der Waals surface area (Å²) in [6.45, 7) is 1.81. The predicted molar refractivity (Wildman–Crippen MR) is 87.9 cm³/mol. The summed E-state index contributed by atoms with van der Waals surface area (Å²) >= 11 is 0. The summed E-state index contributed by atoms with van der Waals surface area (Å²) in [5, 5.41) is 5.18. The van der Waals surface area contributed by atoms with Crippen LogP contribution < -0.4 is 0 Å². The molecule has 0 N–H and O–H groups in total. The second-order valence-corrected chi connectivity index (χ2v) is 8.87. The summed E-state index contributed by atoms with van der Waals surface area (Å²) in [4.78, 5) is 17.0. The zero-order valence-electron chi connectivity index (χ0n) is 13.7. The van der Waals surface area contributed by atoms with Crippen LogP contribution in [0.4, 0.5) is 0 Å². The lowest BCUT2D eigenvalue weighted by molar-refractivity contribution is 0.0602. The standard InChI is InChI=1S/C16H19N3O4S/c1-9-14-12(16(20)23-2)7-13(10-3-4-10)17-15(14)19(18-9)11-5-6-24(21,22)8-11/h7,10-11H,3-6,8H2,1-2H3. The molecule has 1 saturated heterocycles. The zero-order valence-corrected chi connectivity index (χ0v) is 14.5. The number of rotatable bonds is 3. The Morgan fingerprint density at radius 1 is 1.33 bits per heavy atom. The van der Waals surface area contributed by atoms with Crippen LogP contribution in [0.2, 0.25) is 0 Å². The Kier molecular flexibility index (Phi) is 3.42. The van der Waals surface area contributed by atoms with Crippen molar-refractivity contribution in [3.63, 3.8) is 0 Å². The molecular weight excluding hydrogens is 330 g/mol. The van der Waals surface area contributed by atoms with Gasteiger partial charge in [-0.2, -0.15) is 5.10 Å². The fourth-order valence-electron chi connectivity index (χ4n) is 3.41. The lowest BCUT2D eigenvalue weighted by atomic mass is 10.1. The number of hydrogen-bond acceptors (Lipinski definition) is 6. The number of aromatic nitrogens is 3. The van der Waals surface area contributed by atoms with Crippen LogP contribution in [0.25, 0.3) is 11.0 Å². The summed E-state index contributed by atoms with van der Waals surface area (Å²) in [6.07, 6.45) is 2.65. The molecule has 1 unspecified atom stereocenters. The van der Waals surface area contributed by atoms with Gasteiger partial charge in [0.25, 0.3) is 0 Å². The molecule has 2 fully saturated rings. The Morgan fingerprint density at radius 3 is 2.67 bits per heavy atom. The average molecular weight is 349 g/mol. The van der Waals surface area contributed by atoms with E-state index in [0.29, 0.717) is 34.6 Å². The molecule has 4 rings (SSSR count). The quantitative estimate of drug-likeness (QED) is 0.784. The van der Waals surface area contributed by atoms with E-state index in [2.05, 4.69) is 5.10 Å². The summed E-state index contributed by atoms with van der Waals surface area (Å²) in [5.74, 6) is 0.205. The average Bonchev–Trinajstić information content (AvgIpc) is 3.27. The van der Waals surface area contributed by atoms with E-state index in [1.807, 2.05) is 6.92 Å². The highest BCUT2D eigenvalue weighted by molar-refractivity contribution is 7.91. The molecular formula is C16H19N3O4S. The number of nitrogens with zero attached hydrogens (tertiary/aromatic N) is 3. The third-order valence-electron chi connectivity index (χ3n) is 4.81. The van der Waals surface area contributed by atoms with E-state index < -0.39 is 15.8 Å². The molecule has 2 aliphatic rings. The number of aryl methyl sites for hydroxylation is 1. The minimum Gasteiger partial charge on any atom is -0.465 e. The van der Waals surface area contributed by atoms with Crippen molar-refractivity contribution in [2.45, 2.75) is 38.1 Å². The molecule has 1 aliphatic heterocycles. The first-order valence-corrected chi connectivity index (χ1v) is 9.90. The number of sulfone groups is 1. The van der Waals surface area contributed by atoms with Crippen molar-refractivity contribution in [2.24, 2.45) is 0 Å². The summed E-state index contributed by atoms with van der Waals surface area (Å²) in [6, 6.07) is 1.58. The van der Waals surface area contributed by atoms with Gasteiger partial charge < -0.3 is 4.74 Å². The summed E-state index contributed by atoms with van der Waals surface area (Å²) in [7, 11) is -1.67. The van der Waals surface area contributed by atoms with E-state index in [9.17, 15) is 13.2 Å². The van der Waals surface area contributed by atoms with Crippen LogP contribution in [-0.2, 0) is 14.6 Å². The van der Waals surface area contributed by atoms with Crippen LogP contribution in [0, 0.1) is 6.92 Å². The Bertz CT molecular complexity index is 944. The van der Waals surface area contributed by atoms with Gasteiger partial charge in [0.15, 0.2) is 15.5 Å². The molecule has 3 heterocycles. The summed E-state index contributed by atoms with van der Waals surface area (Å²) in [5.41, 5.74) is 2.60. The molecule has 1 saturated carbocycles. The van der Waals surface area contributed by atoms with Crippen molar-refractivity contribution in [3.05, 3.63) is 23.0 Å². The van der Waals surface area contributed by atoms with Crippen molar-refractivity contribution < 1.29 is 17.9 Å². The molecule has 7 nitrogen and oxygen atoms in total. The van der Waals surface area contributed by atoms with Gasteiger partial charge in [0.2, 0.25) is 0 Å². The fourth-order valence-corrected chi connectivity index (χ4v) is 5.11. The predicted octanol–water partition coefficient (Wildman–Crippen LogP) is 1.76. The second kappa shape index (κ2) is 5.27. The lowest BCUT2D eigenvalue weighted by Gasteiger charge is -2.11. The number of pyridine rings is 1. The molecule has 0 bridgehead atoms. The number of carbonyl (C=O) groups excluding carboxylic acids is 1. The molecule has 8 heteroatoms. The molecule has 2 aromatic rings. The van der Waals surface area contributed by atoms with Gasteiger partial charge in [-0.05, 0) is 32.3 Å². The fraction of sp³-hybridized carbons (Fsp3) is 0.562. The highest BCUT2D eigenvalue weighted by Gasteiger charge is 2.34. The first-order chi connectivity index (χ1) is 11.4. The number of carbonyl (C=O) groups is 1. The molecule has 0 spiro atoms. The number of fused-ring (bicyclic) bond motifs is 1. The zero-order chi connectivity index (χ0) is 17.1. The Labute approximate surface area is 139 Å². The molecule has 0 aromatic carbocycles. The van der Waals surface area contributed by atoms with Crippen LogP contribution in [0.3, 0.4) is 0 Å². The Balaban J connectivity index is 1.93. The number of esters is 1. The SMILES string of the molecule is COC(=O)c1cc(C2CC2)nc2c1c(C)nn2C1CCS(=O)(=O)C1. The van der Waals surface area contributed by atoms with Gasteiger partial charge >= 0.3 is 5.97 Å². The second-order valence-electron chi connectivity index (χ2n) is 6.65. The molecule has 1 atom stereocenters. The third-order valence-corrected chi connectivity index (χ3v) is 6.56. The van der Waals surface area contributed by atoms with Gasteiger partial charge in [0.1, 0.15) is 0 Å². The first-order valence-electron chi connectivity index (χ1n) is 8.08. The van der Waals surface area contributed by atoms with Gasteiger partial charge in [-0.15, -0.1) is 0 Å². The molecule has 1 aliphatic carbocycles. The maximum atomic E-state index is 12.2. The molecule has 2 aromatic heterocycles. The maximum absolute atomic E-state index is 12.2. The monoisotopic (exact) mass is 349 g/mol. The Hall–Kier alpha value is -1.96. The van der Waals surface area contributed by atoms with E-state index in [-0.39, 0.29) is 17.5 Å². The van der Waals surface area contributed by atoms with Crippen LogP contribution in [-0.4, -0.2) is 47.8 Å². The van der Waals surface area contributed by atoms with Crippen molar-refractivity contribution in [2.75, 3.05) is 18.6 Å². The number of hydrogen-bond donors (Lipinski definition) is 0. The maximum Gasteiger partial charge on any atom is 0.338 e. The molecule has 0 amide bonds. The smallest absolute Gasteiger partial charge is 0.338 e. The number of methoxy groups -OCH3 is 1. The van der Waals surface area contributed by atoms with Gasteiger partial charge in [0, 0.05) is 11.6 Å². The topological polar surface area (TPSA) is 91.2 Å². The van der Waals surface area contributed by atoms with Gasteiger partial charge in [-0.3, -0.25) is 0 Å². The summed E-state index contributed by atoms with van der Waals surface area (Å²) < 4.78 is 30.3. The van der Waals surface area contributed by atoms with E-state index >= 15 is 0 Å². The van der Waals surface area contributed by atoms with Crippen molar-refractivity contribution in [1.82, 2.24) is 14.8 Å². The van der Waals surface area contributed by atoms with Crippen LogP contribution in [0.15, 0.2) is 6.07 Å². The minimum absolute atomic E-state index is 0.0755. The molecule has 0 radical (unpaired) electrons. The van der Waals surface area contributed by atoms with E-state index in [0.717, 1.165) is 18.5 Å². The largest absolute Gasteiger partial charge is 0.465 e. The Morgan fingerprint density at radius 2 is 2.08 bits per heavy atom.